The highest BCUT2D eigenvalue weighted by molar-refractivity contribution is 7.47. The number of allylic oxidation sites excluding steroid dienone is 17. The van der Waals surface area contributed by atoms with Crippen molar-refractivity contribution in [3.63, 3.8) is 0 Å². The van der Waals surface area contributed by atoms with Crippen LogP contribution in [0.2, 0.25) is 0 Å². The van der Waals surface area contributed by atoms with Gasteiger partial charge >= 0.3 is 7.82 Å². The first-order chi connectivity index (χ1) is 25.4. The monoisotopic (exact) mass is 743 g/mol. The third-order valence-corrected chi connectivity index (χ3v) is 8.54. The average Bonchev–Trinajstić information content (AvgIpc) is 3.13. The molecule has 3 unspecified atom stereocenters. The summed E-state index contributed by atoms with van der Waals surface area (Å²) in [7, 11) is -4.37. The predicted octanol–water partition coefficient (Wildman–Crippen LogP) is 10.6. The van der Waals surface area contributed by atoms with Gasteiger partial charge in [-0.2, -0.15) is 0 Å². The van der Waals surface area contributed by atoms with Crippen LogP contribution in [0.5, 0.6) is 0 Å². The number of nitrogens with one attached hydrogen (secondary N) is 1. The van der Waals surface area contributed by atoms with E-state index in [0.29, 0.717) is 12.8 Å². The molecule has 5 N–H and O–H groups in total. The summed E-state index contributed by atoms with van der Waals surface area (Å²) in [5.74, 6) is -0.258. The standard InChI is InChI=1S/C43H71N2O6P/c1-3-5-7-9-11-13-15-17-18-19-20-21-22-23-24-25-27-29-31-33-35-37-43(47)45-41(40-51-52(48,49)50-39-38-44)42(46)36-34-32-30-28-26-16-14-12-10-8-6-4-2/h5,7,10-13,17-18,20-21,23-24,26-29,34,36,41-42,46H,3-4,6,8-9,14-16,19,22,25,30-33,35,37-40,44H2,1-2H3,(H,45,47)(H,48,49)/b7-5-,12-10+,13-11-,18-17-,21-20-,24-23-,28-26+,29-27-,36-34+. The van der Waals surface area contributed by atoms with E-state index in [1.807, 2.05) is 6.08 Å². The summed E-state index contributed by atoms with van der Waals surface area (Å²) < 4.78 is 22.0. The van der Waals surface area contributed by atoms with Crippen LogP contribution in [0.1, 0.15) is 123 Å². The van der Waals surface area contributed by atoms with Gasteiger partial charge < -0.3 is 21.1 Å². The van der Waals surface area contributed by atoms with E-state index < -0.39 is 20.0 Å². The van der Waals surface area contributed by atoms with Gasteiger partial charge in [0.2, 0.25) is 5.91 Å². The molecule has 0 aromatic carbocycles. The van der Waals surface area contributed by atoms with Gasteiger partial charge in [-0.1, -0.05) is 136 Å². The molecule has 0 aliphatic carbocycles. The predicted molar refractivity (Wildman–Crippen MR) is 221 cm³/mol. The Hall–Kier alpha value is -2.84. The lowest BCUT2D eigenvalue weighted by molar-refractivity contribution is -0.123. The molecule has 0 aromatic rings. The molecule has 0 aliphatic heterocycles. The first-order valence-corrected chi connectivity index (χ1v) is 21.0. The molecule has 0 heterocycles. The molecule has 0 aromatic heterocycles. The van der Waals surface area contributed by atoms with Crippen LogP contribution in [0.4, 0.5) is 0 Å². The highest BCUT2D eigenvalue weighted by atomic mass is 31.2. The van der Waals surface area contributed by atoms with Crippen molar-refractivity contribution in [2.45, 2.75) is 135 Å². The van der Waals surface area contributed by atoms with Gasteiger partial charge in [0.1, 0.15) is 0 Å². The molecule has 0 saturated heterocycles. The number of hydrogen-bond donors (Lipinski definition) is 4. The third-order valence-electron chi connectivity index (χ3n) is 7.56. The summed E-state index contributed by atoms with van der Waals surface area (Å²) in [6.45, 7) is 3.86. The van der Waals surface area contributed by atoms with E-state index in [4.69, 9.17) is 14.8 Å². The van der Waals surface area contributed by atoms with E-state index in [2.05, 4.69) is 116 Å². The number of aliphatic hydroxyl groups excluding tert-OH is 1. The van der Waals surface area contributed by atoms with E-state index >= 15 is 0 Å². The van der Waals surface area contributed by atoms with Gasteiger partial charge in [-0.05, 0) is 89.9 Å². The minimum Gasteiger partial charge on any atom is -0.387 e. The molecule has 8 nitrogen and oxygen atoms in total. The summed E-state index contributed by atoms with van der Waals surface area (Å²) in [6.07, 6.45) is 52.8. The molecule has 294 valence electrons. The number of carbonyl (C=O) groups excluding carboxylic acids is 1. The fraction of sp³-hybridized carbons (Fsp3) is 0.558. The topological polar surface area (TPSA) is 131 Å². The Morgan fingerprint density at radius 2 is 1.12 bits per heavy atom. The number of unbranched alkanes of at least 4 members (excludes halogenated alkanes) is 6. The van der Waals surface area contributed by atoms with Crippen LogP contribution in [-0.2, 0) is 18.4 Å². The second-order valence-corrected chi connectivity index (χ2v) is 13.8. The lowest BCUT2D eigenvalue weighted by Crippen LogP contribution is -2.45. The fourth-order valence-electron chi connectivity index (χ4n) is 4.62. The highest BCUT2D eigenvalue weighted by Crippen LogP contribution is 2.43. The highest BCUT2D eigenvalue weighted by Gasteiger charge is 2.26. The normalized spacial score (nSPS) is 15.4. The Morgan fingerprint density at radius 3 is 1.63 bits per heavy atom. The lowest BCUT2D eigenvalue weighted by Gasteiger charge is -2.23. The number of phosphoric acid groups is 1. The van der Waals surface area contributed by atoms with Crippen molar-refractivity contribution in [2.24, 2.45) is 5.73 Å². The maximum absolute atomic E-state index is 12.7. The number of phosphoric ester groups is 1. The van der Waals surface area contributed by atoms with E-state index in [1.165, 1.54) is 12.8 Å². The zero-order valence-corrected chi connectivity index (χ0v) is 33.1. The molecule has 1 amide bonds. The Labute approximate surface area is 316 Å². The molecule has 9 heteroatoms. The van der Waals surface area contributed by atoms with Crippen LogP contribution in [0, 0.1) is 0 Å². The van der Waals surface area contributed by atoms with Crippen molar-refractivity contribution in [3.8, 4) is 0 Å². The molecule has 3 atom stereocenters. The minimum atomic E-state index is -4.37. The van der Waals surface area contributed by atoms with E-state index in [1.54, 1.807) is 6.08 Å². The van der Waals surface area contributed by atoms with Gasteiger partial charge in [-0.25, -0.2) is 4.57 Å². The van der Waals surface area contributed by atoms with Crippen LogP contribution in [0.25, 0.3) is 0 Å². The van der Waals surface area contributed by atoms with E-state index in [9.17, 15) is 19.4 Å². The summed E-state index contributed by atoms with van der Waals surface area (Å²) in [6, 6.07) is -0.913. The summed E-state index contributed by atoms with van der Waals surface area (Å²) in [5.41, 5.74) is 5.35. The second kappa shape index (κ2) is 37.9. The minimum absolute atomic E-state index is 0.0577. The second-order valence-electron chi connectivity index (χ2n) is 12.4. The molecule has 0 aliphatic rings. The van der Waals surface area contributed by atoms with Crippen LogP contribution in [-0.4, -0.2) is 47.8 Å². The van der Waals surface area contributed by atoms with Gasteiger partial charge in [0.05, 0.1) is 25.4 Å². The van der Waals surface area contributed by atoms with E-state index in [0.717, 1.165) is 77.0 Å². The van der Waals surface area contributed by atoms with Gasteiger partial charge in [0.15, 0.2) is 0 Å². The van der Waals surface area contributed by atoms with Crippen molar-refractivity contribution in [3.05, 3.63) is 109 Å². The number of rotatable bonds is 34. The van der Waals surface area contributed by atoms with Crippen molar-refractivity contribution in [2.75, 3.05) is 19.8 Å². The Kier molecular flexibility index (Phi) is 35.8. The molecule has 52 heavy (non-hydrogen) atoms. The first-order valence-electron chi connectivity index (χ1n) is 19.5. The Morgan fingerprint density at radius 1 is 0.654 bits per heavy atom. The van der Waals surface area contributed by atoms with E-state index in [-0.39, 0.29) is 32.1 Å². The van der Waals surface area contributed by atoms with Crippen LogP contribution in [0.3, 0.4) is 0 Å². The Balaban J connectivity index is 4.44. The van der Waals surface area contributed by atoms with Crippen molar-refractivity contribution in [1.29, 1.82) is 0 Å². The van der Waals surface area contributed by atoms with Crippen molar-refractivity contribution < 1.29 is 28.4 Å². The zero-order chi connectivity index (χ0) is 38.2. The number of hydrogen-bond acceptors (Lipinski definition) is 6. The van der Waals surface area contributed by atoms with Crippen LogP contribution < -0.4 is 11.1 Å². The number of carbonyl (C=O) groups is 1. The van der Waals surface area contributed by atoms with Gasteiger partial charge in [0.25, 0.3) is 0 Å². The summed E-state index contributed by atoms with van der Waals surface area (Å²) in [4.78, 5) is 22.6. The summed E-state index contributed by atoms with van der Waals surface area (Å²) in [5, 5.41) is 13.5. The first kappa shape index (κ1) is 49.2. The molecule has 0 fully saturated rings. The zero-order valence-electron chi connectivity index (χ0n) is 32.2. The number of aliphatic hydroxyl groups is 1. The van der Waals surface area contributed by atoms with Crippen molar-refractivity contribution >= 4 is 13.7 Å². The molecular formula is C43H71N2O6P. The maximum Gasteiger partial charge on any atom is 0.472 e. The average molecular weight is 743 g/mol. The maximum atomic E-state index is 12.7. The van der Waals surface area contributed by atoms with Crippen molar-refractivity contribution in [1.82, 2.24) is 5.32 Å². The quantitative estimate of drug-likeness (QED) is 0.0293. The molecule has 0 rings (SSSR count). The van der Waals surface area contributed by atoms with Crippen LogP contribution in [0.15, 0.2) is 109 Å². The van der Waals surface area contributed by atoms with Crippen LogP contribution >= 0.6 is 7.82 Å². The lowest BCUT2D eigenvalue weighted by atomic mass is 10.1. The Bertz CT molecular complexity index is 1170. The molecule has 0 bridgehead atoms. The van der Waals surface area contributed by atoms with Gasteiger partial charge in [-0.15, -0.1) is 0 Å². The SMILES string of the molecule is CC/C=C\C/C=C\C/C=C\C/C=C\C/C=C\C/C=C\CCCCC(=O)NC(COP(=O)(O)OCCN)C(O)/C=C/CC/C=C/CC/C=C/CCCC. The molecular weight excluding hydrogens is 671 g/mol. The smallest absolute Gasteiger partial charge is 0.387 e. The largest absolute Gasteiger partial charge is 0.472 e. The number of nitrogens with two attached hydrogens (primary N) is 1. The number of amides is 1. The van der Waals surface area contributed by atoms with Gasteiger partial charge in [0, 0.05) is 13.0 Å². The molecule has 0 saturated carbocycles. The summed E-state index contributed by atoms with van der Waals surface area (Å²) >= 11 is 0. The molecule has 0 radical (unpaired) electrons. The third kappa shape index (κ3) is 35.6. The molecule has 0 spiro atoms. The van der Waals surface area contributed by atoms with Gasteiger partial charge in [-0.3, -0.25) is 13.8 Å². The fourth-order valence-corrected chi connectivity index (χ4v) is 5.38.